The van der Waals surface area contributed by atoms with E-state index in [1.54, 1.807) is 11.0 Å². The highest BCUT2D eigenvalue weighted by Crippen LogP contribution is 2.16. The van der Waals surface area contributed by atoms with Crippen LogP contribution in [-0.2, 0) is 11.3 Å². The van der Waals surface area contributed by atoms with E-state index in [0.29, 0.717) is 0 Å². The van der Waals surface area contributed by atoms with E-state index in [9.17, 15) is 4.79 Å². The van der Waals surface area contributed by atoms with Crippen LogP contribution in [0.1, 0.15) is 20.3 Å². The molecule has 0 saturated heterocycles. The van der Waals surface area contributed by atoms with E-state index >= 15 is 0 Å². The summed E-state index contributed by atoms with van der Waals surface area (Å²) in [5, 5.41) is 3.94. The van der Waals surface area contributed by atoms with Crippen molar-refractivity contribution in [2.45, 2.75) is 26.8 Å². The van der Waals surface area contributed by atoms with Gasteiger partial charge in [-0.2, -0.15) is 5.10 Å². The standard InChI is InChI=1S/C8H13N3O/c1-8(2,5-12)3-4-11-7-9-6-10-11/h5-7H,3-4H2,1-2H3. The lowest BCUT2D eigenvalue weighted by molar-refractivity contribution is -0.115. The molecule has 0 aliphatic heterocycles. The van der Waals surface area contributed by atoms with E-state index in [-0.39, 0.29) is 5.41 Å². The van der Waals surface area contributed by atoms with Crippen LogP contribution in [0.3, 0.4) is 0 Å². The number of hydrogen-bond donors (Lipinski definition) is 0. The van der Waals surface area contributed by atoms with E-state index in [1.807, 2.05) is 13.8 Å². The lowest BCUT2D eigenvalue weighted by Gasteiger charge is -2.15. The molecule has 0 spiro atoms. The molecule has 66 valence electrons. The minimum Gasteiger partial charge on any atom is -0.303 e. The van der Waals surface area contributed by atoms with Crippen molar-refractivity contribution in [1.82, 2.24) is 14.8 Å². The van der Waals surface area contributed by atoms with Gasteiger partial charge in [-0.15, -0.1) is 0 Å². The Hall–Kier alpha value is -1.19. The second-order valence-electron chi connectivity index (χ2n) is 3.51. The Kier molecular flexibility index (Phi) is 2.58. The minimum absolute atomic E-state index is 0.258. The Labute approximate surface area is 71.6 Å². The fraction of sp³-hybridized carbons (Fsp3) is 0.625. The molecule has 0 aliphatic rings. The first-order valence-electron chi connectivity index (χ1n) is 3.93. The Morgan fingerprint density at radius 2 is 2.33 bits per heavy atom. The van der Waals surface area contributed by atoms with Crippen molar-refractivity contribution in [2.75, 3.05) is 0 Å². The molecule has 1 aromatic heterocycles. The van der Waals surface area contributed by atoms with Crippen LogP contribution in [0.5, 0.6) is 0 Å². The summed E-state index contributed by atoms with van der Waals surface area (Å²) in [5.74, 6) is 0. The molecular weight excluding hydrogens is 154 g/mol. The normalized spacial score (nSPS) is 11.5. The highest BCUT2D eigenvalue weighted by atomic mass is 16.1. The first-order chi connectivity index (χ1) is 5.64. The summed E-state index contributed by atoms with van der Waals surface area (Å²) in [5.41, 5.74) is -0.258. The molecule has 0 unspecified atom stereocenters. The molecule has 1 aromatic rings. The highest BCUT2D eigenvalue weighted by Gasteiger charge is 2.15. The van der Waals surface area contributed by atoms with Gasteiger partial charge in [0.25, 0.3) is 0 Å². The minimum atomic E-state index is -0.258. The molecule has 0 fully saturated rings. The summed E-state index contributed by atoms with van der Waals surface area (Å²) in [7, 11) is 0. The zero-order valence-electron chi connectivity index (χ0n) is 7.40. The van der Waals surface area contributed by atoms with Crippen LogP contribution in [-0.4, -0.2) is 21.1 Å². The van der Waals surface area contributed by atoms with Gasteiger partial charge in [0.15, 0.2) is 0 Å². The van der Waals surface area contributed by atoms with Crippen LogP contribution in [0.25, 0.3) is 0 Å². The first kappa shape index (κ1) is 8.90. The number of aromatic nitrogens is 3. The van der Waals surface area contributed by atoms with Crippen molar-refractivity contribution in [2.24, 2.45) is 5.41 Å². The van der Waals surface area contributed by atoms with Gasteiger partial charge in [-0.25, -0.2) is 4.98 Å². The van der Waals surface area contributed by atoms with E-state index in [2.05, 4.69) is 10.1 Å². The summed E-state index contributed by atoms with van der Waals surface area (Å²) in [6.45, 7) is 4.57. The third kappa shape index (κ3) is 2.45. The monoisotopic (exact) mass is 167 g/mol. The average Bonchev–Trinajstić information content (AvgIpc) is 2.53. The molecule has 1 heterocycles. The van der Waals surface area contributed by atoms with Crippen molar-refractivity contribution in [3.8, 4) is 0 Å². The van der Waals surface area contributed by atoms with Crippen LogP contribution in [0.4, 0.5) is 0 Å². The van der Waals surface area contributed by atoms with Crippen molar-refractivity contribution < 1.29 is 4.79 Å². The predicted molar refractivity (Wildman–Crippen MR) is 44.5 cm³/mol. The number of hydrogen-bond acceptors (Lipinski definition) is 3. The van der Waals surface area contributed by atoms with Crippen LogP contribution in [0, 0.1) is 5.41 Å². The van der Waals surface area contributed by atoms with Gasteiger partial charge in [0.2, 0.25) is 0 Å². The average molecular weight is 167 g/mol. The number of aldehydes is 1. The van der Waals surface area contributed by atoms with Crippen LogP contribution >= 0.6 is 0 Å². The number of rotatable bonds is 4. The highest BCUT2D eigenvalue weighted by molar-refractivity contribution is 5.57. The topological polar surface area (TPSA) is 47.8 Å². The molecule has 0 atom stereocenters. The third-order valence-electron chi connectivity index (χ3n) is 1.77. The molecular formula is C8H13N3O. The maximum absolute atomic E-state index is 10.5. The predicted octanol–water partition coefficient (Wildman–Crippen LogP) is 0.893. The molecule has 0 N–H and O–H groups in total. The van der Waals surface area contributed by atoms with Gasteiger partial charge in [-0.1, -0.05) is 13.8 Å². The Morgan fingerprint density at radius 3 is 2.83 bits per heavy atom. The number of carbonyl (C=O) groups is 1. The van der Waals surface area contributed by atoms with Gasteiger partial charge >= 0.3 is 0 Å². The Balaban J connectivity index is 2.41. The molecule has 12 heavy (non-hydrogen) atoms. The van der Waals surface area contributed by atoms with Crippen molar-refractivity contribution in [3.05, 3.63) is 12.7 Å². The number of aryl methyl sites for hydroxylation is 1. The molecule has 0 bridgehead atoms. The maximum Gasteiger partial charge on any atom is 0.137 e. The van der Waals surface area contributed by atoms with E-state index in [1.165, 1.54) is 6.33 Å². The summed E-state index contributed by atoms with van der Waals surface area (Å²) < 4.78 is 1.73. The van der Waals surface area contributed by atoms with Crippen LogP contribution < -0.4 is 0 Å². The summed E-state index contributed by atoms with van der Waals surface area (Å²) in [6.07, 6.45) is 4.92. The molecule has 1 rings (SSSR count). The number of nitrogens with zero attached hydrogens (tertiary/aromatic N) is 3. The molecule has 4 heteroatoms. The van der Waals surface area contributed by atoms with Gasteiger partial charge in [0.1, 0.15) is 18.9 Å². The lowest BCUT2D eigenvalue weighted by atomic mass is 9.92. The quantitative estimate of drug-likeness (QED) is 0.626. The summed E-state index contributed by atoms with van der Waals surface area (Å²) in [6, 6.07) is 0. The molecule has 0 amide bonds. The smallest absolute Gasteiger partial charge is 0.137 e. The Bertz CT molecular complexity index is 241. The fourth-order valence-electron chi connectivity index (χ4n) is 0.810. The van der Waals surface area contributed by atoms with Gasteiger partial charge in [-0.05, 0) is 6.42 Å². The third-order valence-corrected chi connectivity index (χ3v) is 1.77. The largest absolute Gasteiger partial charge is 0.303 e. The summed E-state index contributed by atoms with van der Waals surface area (Å²) >= 11 is 0. The number of carbonyl (C=O) groups excluding carboxylic acids is 1. The SMILES string of the molecule is CC(C)(C=O)CCn1cncn1. The van der Waals surface area contributed by atoms with Crippen molar-refractivity contribution >= 4 is 6.29 Å². The maximum atomic E-state index is 10.5. The molecule has 0 saturated carbocycles. The first-order valence-corrected chi connectivity index (χ1v) is 3.93. The summed E-state index contributed by atoms with van der Waals surface area (Å²) in [4.78, 5) is 14.4. The zero-order chi connectivity index (χ0) is 9.03. The Morgan fingerprint density at radius 1 is 1.58 bits per heavy atom. The van der Waals surface area contributed by atoms with Crippen molar-refractivity contribution in [3.63, 3.8) is 0 Å². The van der Waals surface area contributed by atoms with Gasteiger partial charge in [0.05, 0.1) is 0 Å². The lowest BCUT2D eigenvalue weighted by Crippen LogP contribution is -2.16. The fourth-order valence-corrected chi connectivity index (χ4v) is 0.810. The van der Waals surface area contributed by atoms with Gasteiger partial charge < -0.3 is 4.79 Å². The van der Waals surface area contributed by atoms with E-state index in [0.717, 1.165) is 19.3 Å². The zero-order valence-corrected chi connectivity index (χ0v) is 7.40. The molecule has 0 aliphatic carbocycles. The van der Waals surface area contributed by atoms with Crippen molar-refractivity contribution in [1.29, 1.82) is 0 Å². The van der Waals surface area contributed by atoms with Crippen LogP contribution in [0.15, 0.2) is 12.7 Å². The molecule has 4 nitrogen and oxygen atoms in total. The van der Waals surface area contributed by atoms with E-state index < -0.39 is 0 Å². The van der Waals surface area contributed by atoms with Gasteiger partial charge in [0, 0.05) is 12.0 Å². The molecule has 0 radical (unpaired) electrons. The van der Waals surface area contributed by atoms with E-state index in [4.69, 9.17) is 0 Å². The van der Waals surface area contributed by atoms with Gasteiger partial charge in [-0.3, -0.25) is 4.68 Å². The second-order valence-corrected chi connectivity index (χ2v) is 3.51. The molecule has 0 aromatic carbocycles. The second kappa shape index (κ2) is 3.47. The van der Waals surface area contributed by atoms with Crippen LogP contribution in [0.2, 0.25) is 0 Å².